The molecular formula is C126H84N6. The van der Waals surface area contributed by atoms with Gasteiger partial charge in [-0.05, 0) is 282 Å². The Bertz CT molecular complexity index is 8200. The zero-order valence-electron chi connectivity index (χ0n) is 90.6. The number of benzene rings is 17. The van der Waals surface area contributed by atoms with E-state index in [1.54, 1.807) is 61.4 Å². The van der Waals surface area contributed by atoms with Crippen molar-refractivity contribution < 1.29 is 27.4 Å². The predicted molar refractivity (Wildman–Crippen MR) is 547 cm³/mol. The minimum Gasteiger partial charge on any atom is -0.256 e. The maximum atomic E-state index is 9.48. The van der Waals surface area contributed by atoms with E-state index in [4.69, 9.17) is 26.4 Å². The van der Waals surface area contributed by atoms with E-state index in [-0.39, 0.29) is 70.6 Å². The summed E-state index contributed by atoms with van der Waals surface area (Å²) in [7, 11) is 0. The van der Waals surface area contributed by atoms with Gasteiger partial charge in [-0.15, -0.1) is 0 Å². The molecule has 0 amide bonds. The van der Waals surface area contributed by atoms with Crippen LogP contribution < -0.4 is 0 Å². The van der Waals surface area contributed by atoms with Crippen LogP contribution in [0.5, 0.6) is 0 Å². The maximum Gasteiger partial charge on any atom is 0.159 e. The molecule has 132 heavy (non-hydrogen) atoms. The van der Waals surface area contributed by atoms with Gasteiger partial charge >= 0.3 is 0 Å². The van der Waals surface area contributed by atoms with Gasteiger partial charge < -0.3 is 0 Å². The Labute approximate surface area is 797 Å². The van der Waals surface area contributed by atoms with Crippen LogP contribution in [-0.4, -0.2) is 29.9 Å². The number of pyridine rings is 4. The zero-order valence-corrected chi connectivity index (χ0v) is 70.6. The average molecular weight is 1700 g/mol. The summed E-state index contributed by atoms with van der Waals surface area (Å²) in [5.74, 6) is 0.424. The van der Waals surface area contributed by atoms with Crippen LogP contribution in [0.4, 0.5) is 0 Å². The zero-order chi connectivity index (χ0) is 105. The smallest absolute Gasteiger partial charge is 0.159 e. The SMILES string of the molecule is [2H]c1c([2H])c([2H])c(-c2cc(-c3ccccn3)ccc2-c2ccccc2-c2cc(-c3ccccc3-c3ccc(-c4ncc(-c5ccccc5-c5cc(-c6ccccc6-c6ccc(-c7ccccn7)cc6-c6c([2H])c([2H])c([2H])c([2H])c6[2H])cc(-c6ccccc6-c6ccc(-c7ccccn7)cc6-c6c([2H])c([2H])c([2H])c([2H])c6[2H])c5)cn4)cc3)cc(-c3ccccc3-c3ccc(-c4ccccn4)cc3-c3c([2H])c([2H])c([2H])c([2H])c3[2H])c2)c([2H])c1[2H]. The lowest BCUT2D eigenvalue weighted by molar-refractivity contribution is 1.18. The topological polar surface area (TPSA) is 77.3 Å². The third kappa shape index (κ3) is 16.3. The quantitative estimate of drug-likeness (QED) is 0.0713. The van der Waals surface area contributed by atoms with Crippen molar-refractivity contribution in [2.24, 2.45) is 0 Å². The Morgan fingerprint density at radius 3 is 0.568 bits per heavy atom. The molecular weight excluding hydrogens is 1600 g/mol. The van der Waals surface area contributed by atoms with Gasteiger partial charge in [0.15, 0.2) is 5.82 Å². The molecule has 0 aliphatic heterocycles. The highest BCUT2D eigenvalue weighted by Crippen LogP contribution is 2.50. The van der Waals surface area contributed by atoms with Crippen molar-refractivity contribution in [1.82, 2.24) is 29.9 Å². The predicted octanol–water partition coefficient (Wildman–Crippen LogP) is 33.1. The van der Waals surface area contributed by atoms with Gasteiger partial charge in [-0.3, -0.25) is 19.9 Å². The normalized spacial score (nSPS) is 13.3. The first-order chi connectivity index (χ1) is 73.7. The lowest BCUT2D eigenvalue weighted by Crippen LogP contribution is -1.95. The fourth-order valence-electron chi connectivity index (χ4n) is 17.7. The minimum atomic E-state index is -0.533. The fraction of sp³-hybridized carbons (Fsp3) is 0. The highest BCUT2D eigenvalue weighted by molar-refractivity contribution is 6.03. The molecule has 0 N–H and O–H groups in total. The maximum absolute atomic E-state index is 9.48. The molecule has 0 saturated carbocycles. The van der Waals surface area contributed by atoms with E-state index in [0.717, 1.165) is 50.1 Å². The summed E-state index contributed by atoms with van der Waals surface area (Å²) >= 11 is 0. The molecule has 0 aliphatic rings. The van der Waals surface area contributed by atoms with Crippen molar-refractivity contribution in [2.75, 3.05) is 0 Å². The van der Waals surface area contributed by atoms with Crippen molar-refractivity contribution >= 4 is 0 Å². The second-order valence-electron chi connectivity index (χ2n) is 31.6. The first-order valence-electron chi connectivity index (χ1n) is 53.1. The van der Waals surface area contributed by atoms with Crippen LogP contribution >= 0.6 is 0 Å². The summed E-state index contributed by atoms with van der Waals surface area (Å²) in [4.78, 5) is 29.0. The molecule has 0 spiro atoms. The lowest BCUT2D eigenvalue weighted by Gasteiger charge is -2.20. The molecule has 6 heteroatoms. The molecule has 0 aliphatic carbocycles. The molecule has 0 bridgehead atoms. The van der Waals surface area contributed by atoms with Crippen LogP contribution in [0.15, 0.2) is 510 Å². The standard InChI is InChI=1S/C126H84N6/c1-5-33-85(34-6-1)118-79-91(122-53-25-29-69-127-122)61-65-114(118)110-49-21-17-44-105(110)97-73-95(74-98(77-97)106-45-18-22-50-111(106)115-66-62-92(123-54-26-30-70-128-123)80-119(115)86-35-7-2-8-36-86)103-42-14-13-41-102(103)89-57-59-90(60-58-89)126-131-83-101(84-132-126)109-48-16-15-43-104(109)96-75-99(107-46-19-23-51-112(107)116-67-63-93(124-55-27-31-71-129-124)81-120(116)87-37-9-3-10-38-87)78-100(76-96)108-47-20-24-52-113(108)117-68-64-94(125-56-28-32-72-130-125)82-121(117)88-39-11-4-12-40-88/h1-84H/i1D,2D,3D,4D,5D,6D,7D,8D,9D,10D,11D,12D,33D,34D,35D,36D,37D,38D,39D,40D. The molecule has 22 aromatic rings. The van der Waals surface area contributed by atoms with Crippen LogP contribution in [0.1, 0.15) is 27.4 Å². The molecule has 6 nitrogen and oxygen atoms in total. The van der Waals surface area contributed by atoms with E-state index >= 15 is 0 Å². The summed E-state index contributed by atoms with van der Waals surface area (Å²) in [6, 6.07) is 103. The van der Waals surface area contributed by atoms with Crippen molar-refractivity contribution in [3.05, 3.63) is 510 Å². The second kappa shape index (κ2) is 36.4. The third-order valence-corrected chi connectivity index (χ3v) is 23.9. The molecule has 5 heterocycles. The molecule has 22 rings (SSSR count). The number of hydrogen-bond donors (Lipinski definition) is 0. The molecule has 0 unspecified atom stereocenters. The van der Waals surface area contributed by atoms with Gasteiger partial charge in [0.05, 0.1) is 50.2 Å². The summed E-state index contributed by atoms with van der Waals surface area (Å²) in [5.41, 5.74) is 24.0. The summed E-state index contributed by atoms with van der Waals surface area (Å²) in [6.45, 7) is 0. The van der Waals surface area contributed by atoms with Crippen LogP contribution in [-0.2, 0) is 0 Å². The number of nitrogens with zero attached hydrogens (tertiary/aromatic N) is 6. The average Bonchev–Trinajstić information content (AvgIpc) is 0.755. The largest absolute Gasteiger partial charge is 0.256 e. The van der Waals surface area contributed by atoms with E-state index in [2.05, 4.69) is 68.5 Å². The van der Waals surface area contributed by atoms with Crippen molar-refractivity contribution in [2.45, 2.75) is 0 Å². The molecule has 618 valence electrons. The number of hydrogen-bond acceptors (Lipinski definition) is 6. The van der Waals surface area contributed by atoms with Crippen LogP contribution in [0, 0.1) is 0 Å². The van der Waals surface area contributed by atoms with E-state index in [0.29, 0.717) is 162 Å². The van der Waals surface area contributed by atoms with Gasteiger partial charge in [-0.25, -0.2) is 9.97 Å². The Hall–Kier alpha value is -17.6. The molecule has 0 atom stereocenters. The van der Waals surface area contributed by atoms with Crippen LogP contribution in [0.3, 0.4) is 0 Å². The molecule has 0 radical (unpaired) electrons. The van der Waals surface area contributed by atoms with Gasteiger partial charge in [0, 0.05) is 70.6 Å². The summed E-state index contributed by atoms with van der Waals surface area (Å²) in [6.07, 6.45) is 10.3. The van der Waals surface area contributed by atoms with E-state index in [9.17, 15) is 11.0 Å². The number of rotatable bonds is 21. The Kier molecular flexibility index (Phi) is 16.8. The first kappa shape index (κ1) is 60.9. The van der Waals surface area contributed by atoms with Crippen molar-refractivity contribution in [3.8, 4) is 234 Å². The molecule has 0 fully saturated rings. The highest BCUT2D eigenvalue weighted by atomic mass is 14.9. The first-order valence-corrected chi connectivity index (χ1v) is 43.1. The highest BCUT2D eigenvalue weighted by Gasteiger charge is 2.25. The van der Waals surface area contributed by atoms with Crippen molar-refractivity contribution in [1.29, 1.82) is 0 Å². The third-order valence-electron chi connectivity index (χ3n) is 23.9. The van der Waals surface area contributed by atoms with E-state index in [1.165, 1.54) is 0 Å². The van der Waals surface area contributed by atoms with Crippen molar-refractivity contribution in [3.63, 3.8) is 0 Å². The van der Waals surface area contributed by atoms with Crippen LogP contribution in [0.2, 0.25) is 0 Å². The van der Waals surface area contributed by atoms with E-state index < -0.39 is 72.5 Å². The van der Waals surface area contributed by atoms with Gasteiger partial charge in [-0.1, -0.05) is 364 Å². The molecule has 0 saturated heterocycles. The fourth-order valence-corrected chi connectivity index (χ4v) is 17.7. The van der Waals surface area contributed by atoms with Crippen LogP contribution in [0.25, 0.3) is 234 Å². The lowest BCUT2D eigenvalue weighted by atomic mass is 9.84. The monoisotopic (exact) mass is 1700 g/mol. The number of aromatic nitrogens is 6. The van der Waals surface area contributed by atoms with Gasteiger partial charge in [0.2, 0.25) is 0 Å². The Morgan fingerprint density at radius 2 is 0.326 bits per heavy atom. The van der Waals surface area contributed by atoms with Gasteiger partial charge in [0.1, 0.15) is 0 Å². The molecule has 17 aromatic carbocycles. The summed E-state index contributed by atoms with van der Waals surface area (Å²) < 4.78 is 182. The molecule has 5 aromatic heterocycles. The Balaban J connectivity index is 0.678. The Morgan fingerprint density at radius 1 is 0.129 bits per heavy atom. The van der Waals surface area contributed by atoms with E-state index in [1.807, 2.05) is 279 Å². The van der Waals surface area contributed by atoms with Gasteiger partial charge in [0.25, 0.3) is 0 Å². The summed E-state index contributed by atoms with van der Waals surface area (Å²) in [5, 5.41) is 0. The van der Waals surface area contributed by atoms with Gasteiger partial charge in [-0.2, -0.15) is 0 Å². The minimum absolute atomic E-state index is 0.000150. The second-order valence-corrected chi connectivity index (χ2v) is 31.6.